The third-order valence-electron chi connectivity index (χ3n) is 8.54. The van der Waals surface area contributed by atoms with Crippen LogP contribution in [0, 0.1) is 11.3 Å². The number of aliphatic hydroxyl groups excluding tert-OH is 1. The number of hydrogen-bond donors (Lipinski definition) is 4. The first-order valence-electron chi connectivity index (χ1n) is 17.2. The lowest BCUT2D eigenvalue weighted by molar-refractivity contribution is -0.148. The van der Waals surface area contributed by atoms with Crippen LogP contribution in [-0.2, 0) is 43.5 Å². The fourth-order valence-corrected chi connectivity index (χ4v) is 5.38. The lowest BCUT2D eigenvalue weighted by Gasteiger charge is -2.33. The molecule has 4 unspecified atom stereocenters. The zero-order valence-corrected chi connectivity index (χ0v) is 29.5. The number of esters is 1. The Hall–Kier alpha value is -5.16. The second-order valence-corrected chi connectivity index (χ2v) is 13.7. The van der Waals surface area contributed by atoms with Crippen LogP contribution in [0.25, 0.3) is 0 Å². The highest BCUT2D eigenvalue weighted by molar-refractivity contribution is 5.86. The highest BCUT2D eigenvalue weighted by atomic mass is 16.6. The van der Waals surface area contributed by atoms with Crippen LogP contribution in [0.15, 0.2) is 97.1 Å². The third-order valence-corrected chi connectivity index (χ3v) is 8.54. The molecule has 0 spiro atoms. The van der Waals surface area contributed by atoms with Gasteiger partial charge in [0.1, 0.15) is 31.6 Å². The van der Waals surface area contributed by atoms with Crippen LogP contribution >= 0.6 is 0 Å². The number of alkyl carbamates (subject to hydrolysis) is 1. The first kappa shape index (κ1) is 38.6. The number of aliphatic hydroxyl groups is 1. The highest BCUT2D eigenvalue weighted by Crippen LogP contribution is 2.22. The van der Waals surface area contributed by atoms with Crippen molar-refractivity contribution in [3.05, 3.63) is 114 Å². The quantitative estimate of drug-likeness (QED) is 0.152. The molecule has 0 aliphatic carbocycles. The number of carbonyl (C=O) groups is 4. The Morgan fingerprint density at radius 2 is 1.51 bits per heavy atom. The molecule has 1 aliphatic heterocycles. The average molecular weight is 700 g/mol. The summed E-state index contributed by atoms with van der Waals surface area (Å²) in [5.41, 5.74) is 2.27. The second-order valence-electron chi connectivity index (χ2n) is 13.7. The summed E-state index contributed by atoms with van der Waals surface area (Å²) in [7, 11) is 0. The lowest BCUT2D eigenvalue weighted by Crippen LogP contribution is -2.51. The minimum absolute atomic E-state index is 0.0414. The van der Waals surface area contributed by atoms with Crippen molar-refractivity contribution < 1.29 is 38.5 Å². The minimum atomic E-state index is -1.02. The van der Waals surface area contributed by atoms with Gasteiger partial charge in [-0.2, -0.15) is 0 Å². The van der Waals surface area contributed by atoms with Gasteiger partial charge in [-0.05, 0) is 53.5 Å². The minimum Gasteiger partial charge on any atom is -0.489 e. The molecule has 11 heteroatoms. The van der Waals surface area contributed by atoms with Gasteiger partial charge in [-0.1, -0.05) is 106 Å². The van der Waals surface area contributed by atoms with E-state index in [2.05, 4.69) is 16.0 Å². The van der Waals surface area contributed by atoms with Crippen molar-refractivity contribution in [3.8, 4) is 5.75 Å². The third kappa shape index (κ3) is 13.2. The Kier molecular flexibility index (Phi) is 14.6. The standard InChI is InChI=1S/C40H49N3O8/c1-40(2,3)35-27-50-38(47)34(42-39(48)51-26-30-14-8-5-9-15-30)17-11-10-16-31(37(46)43-35)23-36(45)41-32(24-44)22-28-18-20-33(21-19-28)49-25-29-12-6-4-7-13-29/h4-15,18-21,31-32,34-35,44H,16-17,22-27H2,1-3H3,(H,41,45)(H,42,48)(H,43,46). The van der Waals surface area contributed by atoms with E-state index in [0.717, 1.165) is 16.7 Å². The van der Waals surface area contributed by atoms with Gasteiger partial charge in [0, 0.05) is 6.42 Å². The summed E-state index contributed by atoms with van der Waals surface area (Å²) in [5, 5.41) is 18.5. The molecule has 1 aliphatic rings. The maximum Gasteiger partial charge on any atom is 0.408 e. The molecule has 0 saturated heterocycles. The summed E-state index contributed by atoms with van der Waals surface area (Å²) in [6.45, 7) is 5.80. The van der Waals surface area contributed by atoms with Crippen LogP contribution in [0.4, 0.5) is 4.79 Å². The molecule has 4 N–H and O–H groups in total. The van der Waals surface area contributed by atoms with Crippen LogP contribution in [0.2, 0.25) is 0 Å². The molecular weight excluding hydrogens is 650 g/mol. The van der Waals surface area contributed by atoms with Crippen molar-refractivity contribution in [2.75, 3.05) is 13.2 Å². The van der Waals surface area contributed by atoms with Gasteiger partial charge in [-0.15, -0.1) is 0 Å². The van der Waals surface area contributed by atoms with Gasteiger partial charge in [-0.3, -0.25) is 9.59 Å². The summed E-state index contributed by atoms with van der Waals surface area (Å²) < 4.78 is 16.7. The summed E-state index contributed by atoms with van der Waals surface area (Å²) in [5.74, 6) is -1.40. The molecule has 0 radical (unpaired) electrons. The van der Waals surface area contributed by atoms with E-state index in [1.165, 1.54) is 0 Å². The van der Waals surface area contributed by atoms with E-state index in [1.807, 2.05) is 106 Å². The van der Waals surface area contributed by atoms with E-state index in [-0.39, 0.29) is 50.9 Å². The van der Waals surface area contributed by atoms with Crippen molar-refractivity contribution in [2.45, 2.75) is 77.8 Å². The molecule has 3 amide bonds. The fourth-order valence-electron chi connectivity index (χ4n) is 5.38. The number of amides is 3. The highest BCUT2D eigenvalue weighted by Gasteiger charge is 2.33. The zero-order chi connectivity index (χ0) is 36.6. The molecule has 0 fully saturated rings. The van der Waals surface area contributed by atoms with Gasteiger partial charge < -0.3 is 35.3 Å². The van der Waals surface area contributed by atoms with Crippen LogP contribution in [0.1, 0.15) is 56.7 Å². The van der Waals surface area contributed by atoms with Crippen molar-refractivity contribution in [3.63, 3.8) is 0 Å². The van der Waals surface area contributed by atoms with Gasteiger partial charge in [-0.25, -0.2) is 9.59 Å². The molecule has 0 saturated carbocycles. The molecular formula is C40H49N3O8. The van der Waals surface area contributed by atoms with Crippen molar-refractivity contribution in [1.82, 2.24) is 16.0 Å². The Bertz CT molecular complexity index is 1590. The molecule has 51 heavy (non-hydrogen) atoms. The first-order valence-corrected chi connectivity index (χ1v) is 17.2. The van der Waals surface area contributed by atoms with Crippen LogP contribution in [0.5, 0.6) is 5.75 Å². The largest absolute Gasteiger partial charge is 0.489 e. The van der Waals surface area contributed by atoms with Crippen LogP contribution in [0.3, 0.4) is 0 Å². The number of nitrogens with one attached hydrogen (secondary N) is 3. The Morgan fingerprint density at radius 1 is 0.882 bits per heavy atom. The van der Waals surface area contributed by atoms with E-state index in [1.54, 1.807) is 12.2 Å². The maximum atomic E-state index is 13.5. The topological polar surface area (TPSA) is 152 Å². The van der Waals surface area contributed by atoms with Crippen LogP contribution < -0.4 is 20.7 Å². The first-order chi connectivity index (χ1) is 24.5. The van der Waals surface area contributed by atoms with Gasteiger partial charge >= 0.3 is 12.1 Å². The number of carbonyl (C=O) groups excluding carboxylic acids is 4. The van der Waals surface area contributed by atoms with Gasteiger partial charge in [0.2, 0.25) is 11.8 Å². The second kappa shape index (κ2) is 19.3. The van der Waals surface area contributed by atoms with E-state index in [4.69, 9.17) is 14.2 Å². The van der Waals surface area contributed by atoms with Crippen molar-refractivity contribution >= 4 is 23.9 Å². The molecule has 3 aromatic rings. The Balaban J connectivity index is 1.35. The molecule has 0 bridgehead atoms. The predicted molar refractivity (Wildman–Crippen MR) is 192 cm³/mol. The zero-order valence-electron chi connectivity index (χ0n) is 29.5. The Labute approximate surface area is 299 Å². The average Bonchev–Trinajstić information content (AvgIpc) is 3.12. The number of cyclic esters (lactones) is 1. The monoisotopic (exact) mass is 699 g/mol. The summed E-state index contributed by atoms with van der Waals surface area (Å²) in [6.07, 6.45) is 3.21. The molecule has 0 aromatic heterocycles. The molecule has 272 valence electrons. The molecule has 1 heterocycles. The predicted octanol–water partition coefficient (Wildman–Crippen LogP) is 5.01. The van der Waals surface area contributed by atoms with Gasteiger partial charge in [0.25, 0.3) is 0 Å². The SMILES string of the molecule is CC(C)(C)C1COC(=O)C(NC(=O)OCc2ccccc2)CC=CCC(CC(=O)NC(CO)Cc2ccc(OCc3ccccc3)cc2)C(=O)N1. The number of rotatable bonds is 12. The van der Waals surface area contributed by atoms with Gasteiger partial charge in [0.15, 0.2) is 0 Å². The molecule has 11 nitrogen and oxygen atoms in total. The summed E-state index contributed by atoms with van der Waals surface area (Å²) in [6, 6.07) is 24.4. The fraction of sp³-hybridized carbons (Fsp3) is 0.400. The lowest BCUT2D eigenvalue weighted by atomic mass is 9.86. The summed E-state index contributed by atoms with van der Waals surface area (Å²) >= 11 is 0. The number of benzene rings is 3. The Morgan fingerprint density at radius 3 is 2.14 bits per heavy atom. The van der Waals surface area contributed by atoms with Crippen molar-refractivity contribution in [1.29, 1.82) is 0 Å². The molecule has 4 rings (SSSR count). The number of hydrogen-bond acceptors (Lipinski definition) is 8. The van der Waals surface area contributed by atoms with E-state index in [0.29, 0.717) is 18.8 Å². The summed E-state index contributed by atoms with van der Waals surface area (Å²) in [4.78, 5) is 52.4. The van der Waals surface area contributed by atoms with Crippen LogP contribution in [-0.4, -0.2) is 60.3 Å². The normalized spacial score (nSPS) is 18.9. The van der Waals surface area contributed by atoms with E-state index >= 15 is 0 Å². The number of ether oxygens (including phenoxy) is 3. The van der Waals surface area contributed by atoms with Crippen molar-refractivity contribution in [2.24, 2.45) is 11.3 Å². The van der Waals surface area contributed by atoms with Gasteiger partial charge in [0.05, 0.1) is 24.6 Å². The van der Waals surface area contributed by atoms with E-state index < -0.39 is 41.5 Å². The number of allylic oxidation sites excluding steroid dienone is 1. The molecule has 4 atom stereocenters. The smallest absolute Gasteiger partial charge is 0.408 e. The van der Waals surface area contributed by atoms with E-state index in [9.17, 15) is 24.3 Å². The molecule has 3 aromatic carbocycles. The maximum absolute atomic E-state index is 13.5.